The highest BCUT2D eigenvalue weighted by Gasteiger charge is 2.19. The van der Waals surface area contributed by atoms with E-state index in [4.69, 9.17) is 4.98 Å². The number of hydrogen-bond acceptors (Lipinski definition) is 3. The number of para-hydroxylation sites is 5. The summed E-state index contributed by atoms with van der Waals surface area (Å²) in [6.45, 7) is 0. The fourth-order valence-electron chi connectivity index (χ4n) is 5.85. The van der Waals surface area contributed by atoms with Crippen LogP contribution in [-0.2, 0) is 0 Å². The number of hydrogen-bond donors (Lipinski definition) is 0. The zero-order valence-corrected chi connectivity index (χ0v) is 20.6. The molecule has 0 bridgehead atoms. The lowest BCUT2D eigenvalue weighted by Crippen LogP contribution is -1.97. The lowest BCUT2D eigenvalue weighted by molar-refractivity contribution is 1.11. The Bertz CT molecular complexity index is 2340. The van der Waals surface area contributed by atoms with E-state index in [-0.39, 0.29) is 0 Å². The maximum absolute atomic E-state index is 9.59. The van der Waals surface area contributed by atoms with Crippen LogP contribution in [0.3, 0.4) is 0 Å². The van der Waals surface area contributed by atoms with Gasteiger partial charge in [-0.05, 0) is 66.7 Å². The third-order valence-corrected chi connectivity index (χ3v) is 7.46. The van der Waals surface area contributed by atoms with Gasteiger partial charge in [0, 0.05) is 22.1 Å². The Hall–Kier alpha value is -5.85. The van der Waals surface area contributed by atoms with Gasteiger partial charge in [0.15, 0.2) is 0 Å². The van der Waals surface area contributed by atoms with Crippen molar-refractivity contribution >= 4 is 49.7 Å². The first kappa shape index (κ1) is 21.3. The molecule has 6 heteroatoms. The Labute approximate surface area is 222 Å². The molecule has 39 heavy (non-hydrogen) atoms. The molecule has 0 aliphatic rings. The molecule has 180 valence electrons. The van der Waals surface area contributed by atoms with Crippen LogP contribution < -0.4 is 0 Å². The highest BCUT2D eigenvalue weighted by atomic mass is 15.2. The second-order valence-electron chi connectivity index (χ2n) is 9.61. The number of rotatable bonds is 2. The van der Waals surface area contributed by atoms with Gasteiger partial charge in [0.1, 0.15) is 0 Å². The summed E-state index contributed by atoms with van der Waals surface area (Å²) in [7, 11) is 0. The van der Waals surface area contributed by atoms with Crippen molar-refractivity contribution in [2.45, 2.75) is 0 Å². The molecule has 0 fully saturated rings. The zero-order valence-electron chi connectivity index (χ0n) is 20.6. The summed E-state index contributed by atoms with van der Waals surface area (Å²) in [5, 5.41) is 21.4. The second kappa shape index (κ2) is 7.82. The van der Waals surface area contributed by atoms with Crippen molar-refractivity contribution in [1.82, 2.24) is 18.5 Å². The number of fused-ring (bicyclic) bond motifs is 8. The first-order valence-corrected chi connectivity index (χ1v) is 12.6. The number of benzene rings is 5. The second-order valence-corrected chi connectivity index (χ2v) is 9.61. The van der Waals surface area contributed by atoms with Crippen LogP contribution in [0.15, 0.2) is 109 Å². The molecule has 0 amide bonds. The largest absolute Gasteiger partial charge is 0.309 e. The average molecular weight is 499 g/mol. The standard InChI is InChI=1S/C33H18N6/c34-19-21-15-22(20-35)17-24(16-21)37-28-9-3-1-7-25(28)26-18-23(13-14-29(26)37)38-31-11-5-6-12-32(31)39-30-10-4-2-8-27(30)36-33(38)39/h1-18H. The molecule has 0 saturated carbocycles. The quantitative estimate of drug-likeness (QED) is 0.251. The molecule has 0 aliphatic heterocycles. The van der Waals surface area contributed by atoms with Crippen LogP contribution in [0.25, 0.3) is 61.0 Å². The lowest BCUT2D eigenvalue weighted by Gasteiger charge is -2.10. The first-order chi connectivity index (χ1) is 19.2. The molecule has 0 N–H and O–H groups in total. The minimum Gasteiger partial charge on any atom is -0.309 e. The summed E-state index contributed by atoms with van der Waals surface area (Å²) in [4.78, 5) is 5.02. The van der Waals surface area contributed by atoms with E-state index in [2.05, 4.69) is 86.3 Å². The van der Waals surface area contributed by atoms with Gasteiger partial charge in [-0.1, -0.05) is 42.5 Å². The topological polar surface area (TPSA) is 74.7 Å². The Morgan fingerprint density at radius 3 is 1.92 bits per heavy atom. The van der Waals surface area contributed by atoms with E-state index >= 15 is 0 Å². The van der Waals surface area contributed by atoms with Gasteiger partial charge in [-0.25, -0.2) is 4.98 Å². The molecule has 3 aromatic heterocycles. The molecular formula is C33H18N6. The molecule has 0 spiro atoms. The monoisotopic (exact) mass is 498 g/mol. The van der Waals surface area contributed by atoms with Crippen LogP contribution >= 0.6 is 0 Å². The van der Waals surface area contributed by atoms with Crippen LogP contribution in [0.4, 0.5) is 0 Å². The Morgan fingerprint density at radius 2 is 1.15 bits per heavy atom. The van der Waals surface area contributed by atoms with E-state index in [9.17, 15) is 10.5 Å². The van der Waals surface area contributed by atoms with E-state index in [1.54, 1.807) is 6.07 Å². The van der Waals surface area contributed by atoms with Gasteiger partial charge in [-0.15, -0.1) is 0 Å². The molecular weight excluding hydrogens is 480 g/mol. The van der Waals surface area contributed by atoms with Gasteiger partial charge < -0.3 is 4.57 Å². The molecule has 0 unspecified atom stereocenters. The van der Waals surface area contributed by atoms with Gasteiger partial charge in [0.25, 0.3) is 0 Å². The third-order valence-electron chi connectivity index (χ3n) is 7.46. The highest BCUT2D eigenvalue weighted by Crippen LogP contribution is 2.36. The molecule has 5 aromatic carbocycles. The summed E-state index contributed by atoms with van der Waals surface area (Å²) < 4.78 is 6.56. The van der Waals surface area contributed by atoms with Crippen molar-refractivity contribution in [3.05, 3.63) is 120 Å². The van der Waals surface area contributed by atoms with Gasteiger partial charge in [-0.2, -0.15) is 10.5 Å². The third kappa shape index (κ3) is 2.91. The fraction of sp³-hybridized carbons (Fsp3) is 0. The average Bonchev–Trinajstić information content (AvgIpc) is 3.63. The van der Waals surface area contributed by atoms with Crippen molar-refractivity contribution in [2.75, 3.05) is 0 Å². The lowest BCUT2D eigenvalue weighted by atomic mass is 10.1. The van der Waals surface area contributed by atoms with E-state index in [1.165, 1.54) is 0 Å². The van der Waals surface area contributed by atoms with Gasteiger partial charge in [-0.3, -0.25) is 8.97 Å². The minimum absolute atomic E-state index is 0.458. The molecule has 0 aliphatic carbocycles. The smallest absolute Gasteiger partial charge is 0.220 e. The molecule has 8 rings (SSSR count). The number of aromatic nitrogens is 4. The molecule has 6 nitrogen and oxygen atoms in total. The van der Waals surface area contributed by atoms with E-state index in [0.29, 0.717) is 11.1 Å². The minimum atomic E-state index is 0.458. The van der Waals surface area contributed by atoms with Crippen LogP contribution in [0.2, 0.25) is 0 Å². The molecule has 3 heterocycles. The van der Waals surface area contributed by atoms with E-state index < -0.39 is 0 Å². The number of nitriles is 2. The Balaban J connectivity index is 1.46. The predicted octanol–water partition coefficient (Wildman–Crippen LogP) is 7.27. The Kier molecular flexibility index (Phi) is 4.26. The van der Waals surface area contributed by atoms with Crippen molar-refractivity contribution in [2.24, 2.45) is 0 Å². The molecule has 0 atom stereocenters. The first-order valence-electron chi connectivity index (χ1n) is 12.6. The normalized spacial score (nSPS) is 11.5. The zero-order chi connectivity index (χ0) is 26.1. The SMILES string of the molecule is N#Cc1cc(C#N)cc(-n2c3ccccc3c3cc(-n4c5ccccc5n5c6ccccc6nc45)ccc32)c1. The summed E-state index contributed by atoms with van der Waals surface area (Å²) in [6.07, 6.45) is 0. The van der Waals surface area contributed by atoms with Crippen LogP contribution in [0.5, 0.6) is 0 Å². The van der Waals surface area contributed by atoms with E-state index in [0.717, 1.165) is 61.0 Å². The predicted molar refractivity (Wildman–Crippen MR) is 153 cm³/mol. The highest BCUT2D eigenvalue weighted by molar-refractivity contribution is 6.10. The maximum atomic E-state index is 9.59. The van der Waals surface area contributed by atoms with Gasteiger partial charge in [0.2, 0.25) is 5.78 Å². The van der Waals surface area contributed by atoms with E-state index in [1.807, 2.05) is 42.5 Å². The van der Waals surface area contributed by atoms with Crippen LogP contribution in [-0.4, -0.2) is 18.5 Å². The van der Waals surface area contributed by atoms with Crippen molar-refractivity contribution < 1.29 is 0 Å². The number of nitrogens with zero attached hydrogens (tertiary/aromatic N) is 6. The van der Waals surface area contributed by atoms with Crippen LogP contribution in [0, 0.1) is 22.7 Å². The van der Waals surface area contributed by atoms with Gasteiger partial charge in [0.05, 0.1) is 56.4 Å². The van der Waals surface area contributed by atoms with Crippen molar-refractivity contribution in [3.63, 3.8) is 0 Å². The fourth-order valence-corrected chi connectivity index (χ4v) is 5.85. The van der Waals surface area contributed by atoms with Crippen LogP contribution in [0.1, 0.15) is 11.1 Å². The van der Waals surface area contributed by atoms with Crippen molar-refractivity contribution in [3.8, 4) is 23.5 Å². The molecule has 0 saturated heterocycles. The maximum Gasteiger partial charge on any atom is 0.220 e. The summed E-state index contributed by atoms with van der Waals surface area (Å²) >= 11 is 0. The summed E-state index contributed by atoms with van der Waals surface area (Å²) in [5.74, 6) is 0.862. The molecule has 0 radical (unpaired) electrons. The Morgan fingerprint density at radius 1 is 0.513 bits per heavy atom. The van der Waals surface area contributed by atoms with Crippen molar-refractivity contribution in [1.29, 1.82) is 10.5 Å². The molecule has 8 aromatic rings. The number of imidazole rings is 2. The summed E-state index contributed by atoms with van der Waals surface area (Å²) in [6, 6.07) is 40.9. The summed E-state index contributed by atoms with van der Waals surface area (Å²) in [5.41, 5.74) is 8.93. The van der Waals surface area contributed by atoms with Gasteiger partial charge >= 0.3 is 0 Å².